The minimum atomic E-state index is -3.90. The van der Waals surface area contributed by atoms with E-state index in [-0.39, 0.29) is 10.6 Å². The van der Waals surface area contributed by atoms with E-state index in [9.17, 15) is 18.5 Å². The lowest BCUT2D eigenvalue weighted by Gasteiger charge is -2.29. The third-order valence-corrected chi connectivity index (χ3v) is 6.96. The van der Waals surface area contributed by atoms with Crippen molar-refractivity contribution in [2.45, 2.75) is 10.9 Å². The lowest BCUT2D eigenvalue weighted by atomic mass is 9.99. The molecule has 28 heavy (non-hydrogen) atoms. The van der Waals surface area contributed by atoms with E-state index in [0.717, 1.165) is 15.6 Å². The topological polar surface area (TPSA) is 80.5 Å². The highest BCUT2D eigenvalue weighted by Crippen LogP contribution is 2.35. The van der Waals surface area contributed by atoms with Gasteiger partial charge in [0.05, 0.1) is 15.9 Å². The van der Waals surface area contributed by atoms with Gasteiger partial charge in [0.15, 0.2) is 0 Å². The van der Waals surface area contributed by atoms with Crippen LogP contribution in [0.3, 0.4) is 0 Å². The standard InChI is InChI=1S/C20H17BrN2O4S/c1-22(28(26,27)17-13-11-16(12-14-17)23(24)25)20(15-7-3-2-4-8-15)18-9-5-6-10-19(18)21/h2-14,20H,1H3. The minimum Gasteiger partial charge on any atom is -0.258 e. The van der Waals surface area contributed by atoms with Crippen molar-refractivity contribution in [3.05, 3.63) is 105 Å². The quantitative estimate of drug-likeness (QED) is 0.391. The first kappa shape index (κ1) is 20.2. The van der Waals surface area contributed by atoms with Crippen molar-refractivity contribution in [2.75, 3.05) is 7.05 Å². The number of hydrogen-bond acceptors (Lipinski definition) is 4. The fourth-order valence-corrected chi connectivity index (χ4v) is 4.79. The van der Waals surface area contributed by atoms with Crippen molar-refractivity contribution in [3.63, 3.8) is 0 Å². The van der Waals surface area contributed by atoms with Crippen molar-refractivity contribution in [3.8, 4) is 0 Å². The van der Waals surface area contributed by atoms with E-state index in [1.165, 1.54) is 35.6 Å². The predicted octanol–water partition coefficient (Wildman–Crippen LogP) is 4.77. The number of nitro benzene ring substituents is 1. The molecule has 6 nitrogen and oxygen atoms in total. The van der Waals surface area contributed by atoms with Gasteiger partial charge in [-0.15, -0.1) is 0 Å². The number of nitrogens with zero attached hydrogens (tertiary/aromatic N) is 2. The molecule has 0 aromatic heterocycles. The average molecular weight is 461 g/mol. The van der Waals surface area contributed by atoms with Crippen molar-refractivity contribution >= 4 is 31.6 Å². The molecule has 0 saturated carbocycles. The second kappa shape index (κ2) is 8.22. The Kier molecular flexibility index (Phi) is 5.93. The summed E-state index contributed by atoms with van der Waals surface area (Å²) in [7, 11) is -2.40. The van der Waals surface area contributed by atoms with Gasteiger partial charge in [0.1, 0.15) is 0 Å². The fourth-order valence-electron chi connectivity index (χ4n) is 2.96. The summed E-state index contributed by atoms with van der Waals surface area (Å²) in [6.07, 6.45) is 0. The van der Waals surface area contributed by atoms with E-state index in [1.807, 2.05) is 54.6 Å². The zero-order chi connectivity index (χ0) is 20.3. The Balaban J connectivity index is 2.09. The molecule has 0 amide bonds. The van der Waals surface area contributed by atoms with Gasteiger partial charge in [0.2, 0.25) is 10.0 Å². The van der Waals surface area contributed by atoms with Crippen LogP contribution < -0.4 is 0 Å². The molecular weight excluding hydrogens is 444 g/mol. The maximum Gasteiger partial charge on any atom is 0.269 e. The van der Waals surface area contributed by atoms with Gasteiger partial charge in [0.25, 0.3) is 5.69 Å². The summed E-state index contributed by atoms with van der Waals surface area (Å²) in [5, 5.41) is 10.9. The summed E-state index contributed by atoms with van der Waals surface area (Å²) in [5.74, 6) is 0. The number of hydrogen-bond donors (Lipinski definition) is 0. The van der Waals surface area contributed by atoms with Crippen LogP contribution >= 0.6 is 15.9 Å². The van der Waals surface area contributed by atoms with Gasteiger partial charge in [-0.05, 0) is 29.3 Å². The molecule has 144 valence electrons. The highest BCUT2D eigenvalue weighted by molar-refractivity contribution is 9.10. The highest BCUT2D eigenvalue weighted by Gasteiger charge is 2.31. The molecule has 1 unspecified atom stereocenters. The monoisotopic (exact) mass is 460 g/mol. The molecule has 0 N–H and O–H groups in total. The Bertz CT molecular complexity index is 1090. The molecule has 3 aromatic rings. The van der Waals surface area contributed by atoms with Crippen molar-refractivity contribution in [2.24, 2.45) is 0 Å². The van der Waals surface area contributed by atoms with E-state index in [2.05, 4.69) is 15.9 Å². The van der Waals surface area contributed by atoms with Crippen LogP contribution in [0.4, 0.5) is 5.69 Å². The number of nitro groups is 1. The van der Waals surface area contributed by atoms with Crippen molar-refractivity contribution in [1.82, 2.24) is 4.31 Å². The number of non-ortho nitro benzene ring substituents is 1. The van der Waals surface area contributed by atoms with Crippen LogP contribution in [0, 0.1) is 10.1 Å². The van der Waals surface area contributed by atoms with E-state index < -0.39 is 21.0 Å². The maximum absolute atomic E-state index is 13.3. The molecule has 0 heterocycles. The van der Waals surface area contributed by atoms with Crippen LogP contribution in [0.1, 0.15) is 17.2 Å². The Labute approximate surface area is 171 Å². The van der Waals surface area contributed by atoms with Crippen LogP contribution in [-0.2, 0) is 10.0 Å². The molecule has 0 aliphatic heterocycles. The number of sulfonamides is 1. The van der Waals surface area contributed by atoms with Gasteiger partial charge in [-0.25, -0.2) is 8.42 Å². The van der Waals surface area contributed by atoms with Gasteiger partial charge < -0.3 is 0 Å². The van der Waals surface area contributed by atoms with Gasteiger partial charge >= 0.3 is 0 Å². The molecule has 0 saturated heterocycles. The maximum atomic E-state index is 13.3. The second-order valence-electron chi connectivity index (χ2n) is 6.11. The fraction of sp³-hybridized carbons (Fsp3) is 0.100. The summed E-state index contributed by atoms with van der Waals surface area (Å²) in [5.41, 5.74) is 1.44. The largest absolute Gasteiger partial charge is 0.269 e. The third kappa shape index (κ3) is 3.99. The normalized spacial score (nSPS) is 12.7. The minimum absolute atomic E-state index is 0.00594. The first-order chi connectivity index (χ1) is 13.3. The van der Waals surface area contributed by atoms with Crippen LogP contribution in [0.25, 0.3) is 0 Å². The molecule has 1 atom stereocenters. The Morgan fingerprint density at radius 1 is 0.929 bits per heavy atom. The molecule has 0 spiro atoms. The number of halogens is 1. The Morgan fingerprint density at radius 3 is 2.07 bits per heavy atom. The van der Waals surface area contributed by atoms with Crippen LogP contribution in [0.2, 0.25) is 0 Å². The van der Waals surface area contributed by atoms with Crippen LogP contribution in [-0.4, -0.2) is 24.7 Å². The number of rotatable bonds is 6. The predicted molar refractivity (Wildman–Crippen MR) is 110 cm³/mol. The Hall–Kier alpha value is -2.55. The summed E-state index contributed by atoms with van der Waals surface area (Å²) >= 11 is 3.51. The van der Waals surface area contributed by atoms with Gasteiger partial charge in [-0.3, -0.25) is 10.1 Å². The van der Waals surface area contributed by atoms with E-state index in [0.29, 0.717) is 0 Å². The highest BCUT2D eigenvalue weighted by atomic mass is 79.9. The molecule has 0 bridgehead atoms. The van der Waals surface area contributed by atoms with Crippen LogP contribution in [0.5, 0.6) is 0 Å². The van der Waals surface area contributed by atoms with Crippen molar-refractivity contribution in [1.29, 1.82) is 0 Å². The van der Waals surface area contributed by atoms with Crippen LogP contribution in [0.15, 0.2) is 88.2 Å². The van der Waals surface area contributed by atoms with E-state index in [1.54, 1.807) is 0 Å². The molecule has 0 radical (unpaired) electrons. The lowest BCUT2D eigenvalue weighted by molar-refractivity contribution is -0.384. The smallest absolute Gasteiger partial charge is 0.258 e. The molecule has 3 aromatic carbocycles. The molecule has 8 heteroatoms. The zero-order valence-corrected chi connectivity index (χ0v) is 17.3. The first-order valence-corrected chi connectivity index (χ1v) is 10.6. The zero-order valence-electron chi connectivity index (χ0n) is 14.9. The first-order valence-electron chi connectivity index (χ1n) is 8.34. The molecule has 0 aliphatic rings. The molecule has 3 rings (SSSR count). The lowest BCUT2D eigenvalue weighted by Crippen LogP contribution is -2.32. The summed E-state index contributed by atoms with van der Waals surface area (Å²) in [6, 6.07) is 21.1. The van der Waals surface area contributed by atoms with E-state index >= 15 is 0 Å². The van der Waals surface area contributed by atoms with Crippen molar-refractivity contribution < 1.29 is 13.3 Å². The SMILES string of the molecule is CN(C(c1ccccc1)c1ccccc1Br)S(=O)(=O)c1ccc([N+](=O)[O-])cc1. The second-order valence-corrected chi connectivity index (χ2v) is 8.96. The molecule has 0 aliphatic carbocycles. The summed E-state index contributed by atoms with van der Waals surface area (Å²) < 4.78 is 28.6. The summed E-state index contributed by atoms with van der Waals surface area (Å²) in [6.45, 7) is 0. The Morgan fingerprint density at radius 2 is 1.50 bits per heavy atom. The van der Waals surface area contributed by atoms with E-state index in [4.69, 9.17) is 0 Å². The molecule has 0 fully saturated rings. The third-order valence-electron chi connectivity index (χ3n) is 4.40. The summed E-state index contributed by atoms with van der Waals surface area (Å²) in [4.78, 5) is 10.3. The number of benzene rings is 3. The van der Waals surface area contributed by atoms with Gasteiger partial charge in [-0.2, -0.15) is 4.31 Å². The average Bonchev–Trinajstić information content (AvgIpc) is 2.70. The van der Waals surface area contributed by atoms with Gasteiger partial charge in [-0.1, -0.05) is 64.5 Å². The van der Waals surface area contributed by atoms with Gasteiger partial charge in [0, 0.05) is 23.7 Å². The molecular formula is C20H17BrN2O4S.